The highest BCUT2D eigenvalue weighted by Crippen LogP contribution is 2.37. The van der Waals surface area contributed by atoms with Crippen molar-refractivity contribution >= 4 is 14.3 Å². The molecule has 1 saturated heterocycles. The van der Waals surface area contributed by atoms with Gasteiger partial charge in [0.05, 0.1) is 45.3 Å². The zero-order valence-corrected chi connectivity index (χ0v) is 22.3. The quantitative estimate of drug-likeness (QED) is 0.159. The standard InChI is InChI=1S/C23H43N3O6Si/c1-7-8-12-27-14-15-28-16-17-30-32-21-18-26(11-13-29-21)22-24-10-9-20(25-22)19-31-33(5,6)23(2,3)4/h9-10,21H,7-8,11-19H2,1-6H3/t21-/m0/s1. The average Bonchev–Trinajstić information content (AvgIpc) is 2.79. The topological polar surface area (TPSA) is 84.4 Å². The minimum absolute atomic E-state index is 0.158. The first-order valence-electron chi connectivity index (χ1n) is 12.0. The first-order chi connectivity index (χ1) is 15.7. The maximum Gasteiger partial charge on any atom is 0.225 e. The maximum absolute atomic E-state index is 6.30. The van der Waals surface area contributed by atoms with Crippen LogP contribution >= 0.6 is 0 Å². The molecule has 190 valence electrons. The fourth-order valence-electron chi connectivity index (χ4n) is 2.73. The molecule has 0 bridgehead atoms. The minimum atomic E-state index is -1.84. The van der Waals surface area contributed by atoms with Gasteiger partial charge in [0.25, 0.3) is 0 Å². The predicted molar refractivity (Wildman–Crippen MR) is 130 cm³/mol. The van der Waals surface area contributed by atoms with Gasteiger partial charge in [-0.3, -0.25) is 0 Å². The van der Waals surface area contributed by atoms with Crippen molar-refractivity contribution in [2.75, 3.05) is 57.6 Å². The van der Waals surface area contributed by atoms with E-state index in [0.717, 1.165) is 25.1 Å². The van der Waals surface area contributed by atoms with Crippen molar-refractivity contribution in [1.29, 1.82) is 0 Å². The summed E-state index contributed by atoms with van der Waals surface area (Å²) in [5.41, 5.74) is 0.876. The first-order valence-corrected chi connectivity index (χ1v) is 14.9. The Morgan fingerprint density at radius 1 is 1.12 bits per heavy atom. The number of hydrogen-bond acceptors (Lipinski definition) is 9. The number of ether oxygens (including phenoxy) is 3. The summed E-state index contributed by atoms with van der Waals surface area (Å²) in [7, 11) is -1.84. The van der Waals surface area contributed by atoms with E-state index in [-0.39, 0.29) is 5.04 Å². The summed E-state index contributed by atoms with van der Waals surface area (Å²) in [6.45, 7) is 18.2. The van der Waals surface area contributed by atoms with E-state index in [9.17, 15) is 0 Å². The Kier molecular flexibility index (Phi) is 12.2. The normalized spacial score (nSPS) is 17.5. The number of unbranched alkanes of at least 4 members (excludes halogenated alkanes) is 1. The van der Waals surface area contributed by atoms with Crippen LogP contribution in [0.3, 0.4) is 0 Å². The molecule has 1 aliphatic rings. The average molecular weight is 486 g/mol. The number of morpholine rings is 1. The zero-order valence-electron chi connectivity index (χ0n) is 21.3. The maximum atomic E-state index is 6.30. The second-order valence-electron chi connectivity index (χ2n) is 9.64. The molecule has 0 spiro atoms. The van der Waals surface area contributed by atoms with E-state index in [2.05, 4.69) is 45.8 Å². The van der Waals surface area contributed by atoms with Gasteiger partial charge in [0.1, 0.15) is 6.61 Å². The van der Waals surface area contributed by atoms with Crippen molar-refractivity contribution in [1.82, 2.24) is 9.97 Å². The van der Waals surface area contributed by atoms with Gasteiger partial charge in [-0.25, -0.2) is 19.7 Å². The third-order valence-corrected chi connectivity index (χ3v) is 10.4. The number of nitrogens with zero attached hydrogens (tertiary/aromatic N) is 3. The highest BCUT2D eigenvalue weighted by Gasteiger charge is 2.37. The molecule has 9 nitrogen and oxygen atoms in total. The van der Waals surface area contributed by atoms with E-state index in [0.29, 0.717) is 58.7 Å². The molecule has 1 atom stereocenters. The molecule has 0 radical (unpaired) electrons. The van der Waals surface area contributed by atoms with E-state index < -0.39 is 14.6 Å². The fraction of sp³-hybridized carbons (Fsp3) is 0.826. The SMILES string of the molecule is CCCCOCCOCCOO[C@H]1CN(c2nccc(CO[Si](C)(C)C(C)(C)C)n2)CCO1. The highest BCUT2D eigenvalue weighted by molar-refractivity contribution is 6.74. The molecule has 2 rings (SSSR count). The van der Waals surface area contributed by atoms with Crippen molar-refractivity contribution in [2.24, 2.45) is 0 Å². The second-order valence-corrected chi connectivity index (χ2v) is 14.4. The van der Waals surface area contributed by atoms with Gasteiger partial charge >= 0.3 is 0 Å². The Hall–Kier alpha value is -1.14. The highest BCUT2D eigenvalue weighted by atomic mass is 28.4. The molecule has 0 amide bonds. The summed E-state index contributed by atoms with van der Waals surface area (Å²) >= 11 is 0. The third-order valence-electron chi connectivity index (χ3n) is 5.91. The first kappa shape index (κ1) is 28.1. The lowest BCUT2D eigenvalue weighted by Gasteiger charge is -2.36. The summed E-state index contributed by atoms with van der Waals surface area (Å²) < 4.78 is 22.9. The van der Waals surface area contributed by atoms with E-state index in [1.165, 1.54) is 0 Å². The summed E-state index contributed by atoms with van der Waals surface area (Å²) in [6, 6.07) is 1.91. The minimum Gasteiger partial charge on any atom is -0.411 e. The molecule has 0 aromatic carbocycles. The molecular weight excluding hydrogens is 442 g/mol. The van der Waals surface area contributed by atoms with Crippen LogP contribution in [0.4, 0.5) is 5.95 Å². The Labute approximate surface area is 200 Å². The molecule has 33 heavy (non-hydrogen) atoms. The predicted octanol–water partition coefficient (Wildman–Crippen LogP) is 3.94. The van der Waals surface area contributed by atoms with Gasteiger partial charge in [-0.15, -0.1) is 0 Å². The van der Waals surface area contributed by atoms with Crippen LogP contribution in [0.25, 0.3) is 0 Å². The molecule has 10 heteroatoms. The van der Waals surface area contributed by atoms with E-state index >= 15 is 0 Å². The summed E-state index contributed by atoms with van der Waals surface area (Å²) in [5.74, 6) is 0.648. The summed E-state index contributed by atoms with van der Waals surface area (Å²) in [6.07, 6.45) is 3.48. The Bertz CT molecular complexity index is 674. The fourth-order valence-corrected chi connectivity index (χ4v) is 3.67. The summed E-state index contributed by atoms with van der Waals surface area (Å²) in [5, 5.41) is 0.158. The van der Waals surface area contributed by atoms with Crippen LogP contribution in [-0.2, 0) is 35.0 Å². The lowest BCUT2D eigenvalue weighted by molar-refractivity contribution is -0.380. The van der Waals surface area contributed by atoms with Crippen molar-refractivity contribution in [3.05, 3.63) is 18.0 Å². The van der Waals surface area contributed by atoms with Gasteiger partial charge in [-0.1, -0.05) is 34.1 Å². The number of rotatable bonds is 15. The van der Waals surface area contributed by atoms with Crippen molar-refractivity contribution in [3.8, 4) is 0 Å². The van der Waals surface area contributed by atoms with Crippen LogP contribution in [0.5, 0.6) is 0 Å². The van der Waals surface area contributed by atoms with Gasteiger partial charge in [-0.2, -0.15) is 0 Å². The monoisotopic (exact) mass is 485 g/mol. The Morgan fingerprint density at radius 2 is 1.85 bits per heavy atom. The molecule has 1 fully saturated rings. The van der Waals surface area contributed by atoms with Gasteiger partial charge in [0.15, 0.2) is 8.32 Å². The molecule has 1 aromatic heterocycles. The van der Waals surface area contributed by atoms with Crippen molar-refractivity contribution in [2.45, 2.75) is 71.6 Å². The molecule has 2 heterocycles. The number of aromatic nitrogens is 2. The number of hydrogen-bond donors (Lipinski definition) is 0. The second kappa shape index (κ2) is 14.3. The molecule has 1 aliphatic heterocycles. The Morgan fingerprint density at radius 3 is 2.58 bits per heavy atom. The zero-order chi connectivity index (χ0) is 24.2. The smallest absolute Gasteiger partial charge is 0.225 e. The summed E-state index contributed by atoms with van der Waals surface area (Å²) in [4.78, 5) is 21.8. The van der Waals surface area contributed by atoms with Gasteiger partial charge in [0.2, 0.25) is 12.2 Å². The molecule has 0 unspecified atom stereocenters. The largest absolute Gasteiger partial charge is 0.411 e. The van der Waals surface area contributed by atoms with Crippen LogP contribution in [0.1, 0.15) is 46.2 Å². The van der Waals surface area contributed by atoms with Gasteiger partial charge < -0.3 is 23.5 Å². The Balaban J connectivity index is 1.69. The van der Waals surface area contributed by atoms with Crippen LogP contribution in [-0.4, -0.2) is 77.3 Å². The van der Waals surface area contributed by atoms with Crippen molar-refractivity contribution in [3.63, 3.8) is 0 Å². The lowest BCUT2D eigenvalue weighted by atomic mass is 10.2. The van der Waals surface area contributed by atoms with Crippen LogP contribution in [0, 0.1) is 0 Å². The molecular formula is C23H43N3O6Si. The molecule has 0 N–H and O–H groups in total. The number of anilines is 1. The van der Waals surface area contributed by atoms with E-state index in [1.54, 1.807) is 6.20 Å². The van der Waals surface area contributed by atoms with Gasteiger partial charge in [0, 0.05) is 19.3 Å². The molecule has 0 saturated carbocycles. The lowest BCUT2D eigenvalue weighted by Crippen LogP contribution is -2.44. The molecule has 0 aliphatic carbocycles. The van der Waals surface area contributed by atoms with Crippen LogP contribution in [0.2, 0.25) is 18.1 Å². The van der Waals surface area contributed by atoms with E-state index in [4.69, 9.17) is 33.4 Å². The molecule has 1 aromatic rings. The van der Waals surface area contributed by atoms with Crippen LogP contribution < -0.4 is 4.90 Å². The van der Waals surface area contributed by atoms with Crippen molar-refractivity contribution < 1.29 is 28.4 Å². The third kappa shape index (κ3) is 10.3. The van der Waals surface area contributed by atoms with Gasteiger partial charge in [-0.05, 0) is 30.6 Å². The van der Waals surface area contributed by atoms with E-state index in [1.807, 2.05) is 11.0 Å². The van der Waals surface area contributed by atoms with Crippen LogP contribution in [0.15, 0.2) is 12.3 Å².